The molecule has 1 aromatic carbocycles. The maximum absolute atomic E-state index is 10.8. The van der Waals surface area contributed by atoms with Gasteiger partial charge in [0.2, 0.25) is 6.04 Å². The molecule has 1 aliphatic rings. The SMILES string of the molecule is CCCCN1CCc2cc(CC(C)[N+](=O)[O-])cc(/C=N/O)c21. The molecule has 0 bridgehead atoms. The van der Waals surface area contributed by atoms with Crippen LogP contribution in [-0.2, 0) is 12.8 Å². The second-order valence-electron chi connectivity index (χ2n) is 5.87. The zero-order valence-electron chi connectivity index (χ0n) is 13.2. The smallest absolute Gasteiger partial charge is 0.214 e. The number of hydrogen-bond donors (Lipinski definition) is 1. The quantitative estimate of drug-likeness (QED) is 0.363. The fraction of sp³-hybridized carbons (Fsp3) is 0.562. The molecule has 0 saturated heterocycles. The molecule has 22 heavy (non-hydrogen) atoms. The Morgan fingerprint density at radius 1 is 1.55 bits per heavy atom. The molecule has 1 N–H and O–H groups in total. The van der Waals surface area contributed by atoms with Crippen molar-refractivity contribution in [1.29, 1.82) is 0 Å². The summed E-state index contributed by atoms with van der Waals surface area (Å²) >= 11 is 0. The number of fused-ring (bicyclic) bond motifs is 1. The Balaban J connectivity index is 2.32. The van der Waals surface area contributed by atoms with Crippen LogP contribution in [0.15, 0.2) is 17.3 Å². The van der Waals surface area contributed by atoms with Crippen molar-refractivity contribution in [3.8, 4) is 0 Å². The van der Waals surface area contributed by atoms with E-state index in [0.717, 1.165) is 49.2 Å². The highest BCUT2D eigenvalue weighted by Crippen LogP contribution is 2.33. The number of oxime groups is 1. The molecule has 1 heterocycles. The number of anilines is 1. The van der Waals surface area contributed by atoms with Crippen LogP contribution in [0.4, 0.5) is 5.69 Å². The van der Waals surface area contributed by atoms with Crippen molar-refractivity contribution in [2.24, 2.45) is 5.16 Å². The molecule has 6 heteroatoms. The molecular weight excluding hydrogens is 282 g/mol. The summed E-state index contributed by atoms with van der Waals surface area (Å²) in [5.41, 5.74) is 4.08. The minimum Gasteiger partial charge on any atom is -0.411 e. The first-order valence-electron chi connectivity index (χ1n) is 7.78. The summed E-state index contributed by atoms with van der Waals surface area (Å²) in [4.78, 5) is 12.9. The monoisotopic (exact) mass is 305 g/mol. The lowest BCUT2D eigenvalue weighted by Gasteiger charge is -2.21. The lowest BCUT2D eigenvalue weighted by Crippen LogP contribution is -2.22. The van der Waals surface area contributed by atoms with Gasteiger partial charge < -0.3 is 10.1 Å². The summed E-state index contributed by atoms with van der Waals surface area (Å²) in [6.07, 6.45) is 5.01. The van der Waals surface area contributed by atoms with Crippen LogP contribution in [0.25, 0.3) is 0 Å². The van der Waals surface area contributed by atoms with Gasteiger partial charge in [0.15, 0.2) is 0 Å². The lowest BCUT2D eigenvalue weighted by molar-refractivity contribution is -0.517. The van der Waals surface area contributed by atoms with Gasteiger partial charge in [-0.15, -0.1) is 0 Å². The maximum atomic E-state index is 10.8. The predicted octanol–water partition coefficient (Wildman–Crippen LogP) is 2.87. The molecular formula is C16H23N3O3. The highest BCUT2D eigenvalue weighted by atomic mass is 16.6. The van der Waals surface area contributed by atoms with Gasteiger partial charge in [-0.2, -0.15) is 0 Å². The van der Waals surface area contributed by atoms with E-state index in [1.165, 1.54) is 11.8 Å². The molecule has 0 aromatic heterocycles. The summed E-state index contributed by atoms with van der Waals surface area (Å²) in [6.45, 7) is 5.71. The van der Waals surface area contributed by atoms with Gasteiger partial charge in [-0.25, -0.2) is 0 Å². The zero-order chi connectivity index (χ0) is 16.1. The van der Waals surface area contributed by atoms with Crippen LogP contribution in [0.2, 0.25) is 0 Å². The van der Waals surface area contributed by atoms with E-state index in [9.17, 15) is 10.1 Å². The zero-order valence-corrected chi connectivity index (χ0v) is 13.2. The summed E-state index contributed by atoms with van der Waals surface area (Å²) in [5, 5.41) is 22.9. The molecule has 0 spiro atoms. The minimum absolute atomic E-state index is 0.263. The fourth-order valence-corrected chi connectivity index (χ4v) is 3.00. The van der Waals surface area contributed by atoms with Gasteiger partial charge in [-0.05, 0) is 30.0 Å². The molecule has 1 unspecified atom stereocenters. The largest absolute Gasteiger partial charge is 0.411 e. The van der Waals surface area contributed by atoms with Crippen LogP contribution < -0.4 is 4.90 Å². The Bertz CT molecular complexity index is 572. The first-order chi connectivity index (χ1) is 10.6. The predicted molar refractivity (Wildman–Crippen MR) is 86.8 cm³/mol. The van der Waals surface area contributed by atoms with Crippen molar-refractivity contribution in [3.05, 3.63) is 38.9 Å². The highest BCUT2D eigenvalue weighted by molar-refractivity contribution is 5.90. The number of hydrogen-bond acceptors (Lipinski definition) is 5. The van der Waals surface area contributed by atoms with Crippen molar-refractivity contribution in [2.45, 2.75) is 45.6 Å². The second-order valence-corrected chi connectivity index (χ2v) is 5.87. The minimum atomic E-state index is -0.616. The fourth-order valence-electron chi connectivity index (χ4n) is 3.00. The van der Waals surface area contributed by atoms with Crippen LogP contribution in [0, 0.1) is 10.1 Å². The van der Waals surface area contributed by atoms with E-state index in [2.05, 4.69) is 23.0 Å². The molecule has 6 nitrogen and oxygen atoms in total. The topological polar surface area (TPSA) is 79.0 Å². The normalized spacial score (nSPS) is 15.3. The van der Waals surface area contributed by atoms with E-state index in [1.807, 2.05) is 6.07 Å². The van der Waals surface area contributed by atoms with E-state index in [0.29, 0.717) is 6.42 Å². The van der Waals surface area contributed by atoms with Crippen molar-refractivity contribution in [2.75, 3.05) is 18.0 Å². The molecule has 0 aliphatic carbocycles. The van der Waals surface area contributed by atoms with E-state index in [-0.39, 0.29) is 4.92 Å². The van der Waals surface area contributed by atoms with Gasteiger partial charge in [0.1, 0.15) is 0 Å². The maximum Gasteiger partial charge on any atom is 0.214 e. The lowest BCUT2D eigenvalue weighted by atomic mass is 9.99. The highest BCUT2D eigenvalue weighted by Gasteiger charge is 2.24. The molecule has 120 valence electrons. The molecule has 1 atom stereocenters. The summed E-state index contributed by atoms with van der Waals surface area (Å²) in [6, 6.07) is 3.35. The van der Waals surface area contributed by atoms with E-state index < -0.39 is 6.04 Å². The molecule has 1 aromatic rings. The van der Waals surface area contributed by atoms with Crippen molar-refractivity contribution >= 4 is 11.9 Å². The number of nitrogens with zero attached hydrogens (tertiary/aromatic N) is 3. The summed E-state index contributed by atoms with van der Waals surface area (Å²) in [7, 11) is 0. The van der Waals surface area contributed by atoms with Gasteiger partial charge in [0.05, 0.1) is 6.21 Å². The van der Waals surface area contributed by atoms with Gasteiger partial charge in [-0.3, -0.25) is 10.1 Å². The standard InChI is InChI=1S/C16H23N3O3/c1-3-4-6-18-7-5-14-9-13(8-12(2)19(21)22)10-15(11-17-20)16(14)18/h9-12,20H,3-8H2,1-2H3/b17-11+. The van der Waals surface area contributed by atoms with E-state index in [4.69, 9.17) is 5.21 Å². The van der Waals surface area contributed by atoms with Gasteiger partial charge in [0.25, 0.3) is 0 Å². The third-order valence-corrected chi connectivity index (χ3v) is 4.11. The molecule has 0 amide bonds. The summed E-state index contributed by atoms with van der Waals surface area (Å²) in [5.74, 6) is 0. The van der Waals surface area contributed by atoms with Crippen molar-refractivity contribution in [1.82, 2.24) is 0 Å². The Kier molecular flexibility index (Phi) is 5.35. The Labute approximate surface area is 130 Å². The average molecular weight is 305 g/mol. The summed E-state index contributed by atoms with van der Waals surface area (Å²) < 4.78 is 0. The number of nitro groups is 1. The van der Waals surface area contributed by atoms with E-state index in [1.54, 1.807) is 6.92 Å². The molecule has 1 aliphatic heterocycles. The molecule has 0 saturated carbocycles. The number of unbranched alkanes of at least 4 members (excludes halogenated alkanes) is 1. The van der Waals surface area contributed by atoms with E-state index >= 15 is 0 Å². The van der Waals surface area contributed by atoms with Crippen LogP contribution in [0.1, 0.15) is 43.4 Å². The van der Waals surface area contributed by atoms with Crippen molar-refractivity contribution in [3.63, 3.8) is 0 Å². The Morgan fingerprint density at radius 3 is 2.95 bits per heavy atom. The Morgan fingerprint density at radius 2 is 2.32 bits per heavy atom. The number of rotatable bonds is 7. The van der Waals surface area contributed by atoms with Crippen LogP contribution in [0.3, 0.4) is 0 Å². The van der Waals surface area contributed by atoms with Crippen LogP contribution in [0.5, 0.6) is 0 Å². The van der Waals surface area contributed by atoms with Gasteiger partial charge >= 0.3 is 0 Å². The van der Waals surface area contributed by atoms with Gasteiger partial charge in [0, 0.05) is 42.6 Å². The Hall–Kier alpha value is -2.11. The third kappa shape index (κ3) is 3.55. The number of benzene rings is 1. The first kappa shape index (κ1) is 16.3. The van der Waals surface area contributed by atoms with Crippen LogP contribution >= 0.6 is 0 Å². The molecule has 0 fully saturated rings. The first-order valence-corrected chi connectivity index (χ1v) is 7.78. The third-order valence-electron chi connectivity index (χ3n) is 4.11. The van der Waals surface area contributed by atoms with Crippen molar-refractivity contribution < 1.29 is 10.1 Å². The second kappa shape index (κ2) is 7.24. The van der Waals surface area contributed by atoms with Crippen LogP contribution in [-0.4, -0.2) is 35.5 Å². The average Bonchev–Trinajstić information content (AvgIpc) is 2.88. The van der Waals surface area contributed by atoms with Gasteiger partial charge in [-0.1, -0.05) is 24.6 Å². The molecule has 2 rings (SSSR count). The molecule has 0 radical (unpaired) electrons.